The Morgan fingerprint density at radius 3 is 2.69 bits per heavy atom. The summed E-state index contributed by atoms with van der Waals surface area (Å²) < 4.78 is 0.731. The molecule has 0 bridgehead atoms. The largest absolute Gasteiger partial charge is 0.287 e. The predicted molar refractivity (Wildman–Crippen MR) is 64.6 cm³/mol. The lowest BCUT2D eigenvalue weighted by molar-refractivity contribution is 0.103. The third-order valence-electron chi connectivity index (χ3n) is 1.98. The average Bonchev–Trinajstić information content (AvgIpc) is 2.29. The second-order valence-electron chi connectivity index (χ2n) is 3.02. The van der Waals surface area contributed by atoms with Crippen LogP contribution in [0.25, 0.3) is 0 Å². The van der Waals surface area contributed by atoms with E-state index in [4.69, 9.17) is 11.6 Å². The van der Waals surface area contributed by atoms with E-state index in [2.05, 4.69) is 25.9 Å². The first-order chi connectivity index (χ1) is 7.68. The van der Waals surface area contributed by atoms with E-state index in [0.29, 0.717) is 5.56 Å². The number of aromatic nitrogens is 2. The van der Waals surface area contributed by atoms with Crippen molar-refractivity contribution in [2.24, 2.45) is 0 Å². The van der Waals surface area contributed by atoms with Crippen LogP contribution >= 0.6 is 27.5 Å². The van der Waals surface area contributed by atoms with Gasteiger partial charge >= 0.3 is 0 Å². The zero-order valence-corrected chi connectivity index (χ0v) is 10.4. The Morgan fingerprint density at radius 2 is 2.00 bits per heavy atom. The molecule has 0 aliphatic carbocycles. The third-order valence-corrected chi connectivity index (χ3v) is 2.85. The van der Waals surface area contributed by atoms with Crippen molar-refractivity contribution in [3.63, 3.8) is 0 Å². The lowest BCUT2D eigenvalue weighted by Gasteiger charge is -2.02. The maximum Gasteiger partial charge on any atom is 0.222 e. The lowest BCUT2D eigenvalue weighted by Crippen LogP contribution is -2.05. The second kappa shape index (κ2) is 4.72. The molecule has 0 atom stereocenters. The summed E-state index contributed by atoms with van der Waals surface area (Å²) in [6, 6.07) is 8.70. The van der Waals surface area contributed by atoms with E-state index in [1.165, 1.54) is 12.3 Å². The fraction of sp³-hybridized carbons (Fsp3) is 0. The molecule has 5 heteroatoms. The van der Waals surface area contributed by atoms with Crippen molar-refractivity contribution in [3.8, 4) is 0 Å². The van der Waals surface area contributed by atoms with Crippen molar-refractivity contribution in [1.29, 1.82) is 0 Å². The predicted octanol–water partition coefficient (Wildman–Crippen LogP) is 3.12. The van der Waals surface area contributed by atoms with E-state index in [0.717, 1.165) is 4.47 Å². The van der Waals surface area contributed by atoms with Gasteiger partial charge in [-0.1, -0.05) is 28.1 Å². The molecular weight excluding hydrogens is 291 g/mol. The molecule has 0 aliphatic rings. The molecule has 1 aromatic carbocycles. The Balaban J connectivity index is 2.44. The Kier molecular flexibility index (Phi) is 3.31. The van der Waals surface area contributed by atoms with E-state index in [1.807, 2.05) is 6.07 Å². The second-order valence-corrected chi connectivity index (χ2v) is 4.21. The van der Waals surface area contributed by atoms with Crippen LogP contribution in [0.15, 0.2) is 41.0 Å². The number of rotatable bonds is 2. The van der Waals surface area contributed by atoms with Crippen molar-refractivity contribution in [1.82, 2.24) is 9.97 Å². The van der Waals surface area contributed by atoms with Crippen LogP contribution < -0.4 is 0 Å². The smallest absolute Gasteiger partial charge is 0.222 e. The molecular formula is C11H6BrClN2O. The van der Waals surface area contributed by atoms with Gasteiger partial charge in [0.2, 0.25) is 11.1 Å². The van der Waals surface area contributed by atoms with Crippen LogP contribution in [0.4, 0.5) is 0 Å². The maximum absolute atomic E-state index is 12.0. The van der Waals surface area contributed by atoms with Gasteiger partial charge < -0.3 is 0 Å². The summed E-state index contributed by atoms with van der Waals surface area (Å²) in [4.78, 5) is 19.6. The molecule has 0 N–H and O–H groups in total. The summed E-state index contributed by atoms with van der Waals surface area (Å²) in [6.45, 7) is 0. The molecule has 2 rings (SSSR count). The van der Waals surface area contributed by atoms with Crippen molar-refractivity contribution in [2.45, 2.75) is 0 Å². The third kappa shape index (κ3) is 2.28. The molecule has 0 spiro atoms. The minimum Gasteiger partial charge on any atom is -0.287 e. The van der Waals surface area contributed by atoms with Crippen LogP contribution in [0.3, 0.4) is 0 Å². The Labute approximate surface area is 106 Å². The first-order valence-electron chi connectivity index (χ1n) is 4.46. The van der Waals surface area contributed by atoms with Gasteiger partial charge in [-0.2, -0.15) is 0 Å². The van der Waals surface area contributed by atoms with Gasteiger partial charge in [0.05, 0.1) is 0 Å². The van der Waals surface area contributed by atoms with Gasteiger partial charge in [0.15, 0.2) is 0 Å². The first-order valence-corrected chi connectivity index (χ1v) is 5.63. The van der Waals surface area contributed by atoms with Crippen molar-refractivity contribution in [3.05, 3.63) is 57.5 Å². The summed E-state index contributed by atoms with van der Waals surface area (Å²) in [6.07, 6.45) is 1.46. The van der Waals surface area contributed by atoms with Crippen LogP contribution in [0.1, 0.15) is 16.1 Å². The van der Waals surface area contributed by atoms with Gasteiger partial charge in [-0.05, 0) is 29.8 Å². The van der Waals surface area contributed by atoms with Crippen LogP contribution in [-0.2, 0) is 0 Å². The molecule has 0 saturated heterocycles. The van der Waals surface area contributed by atoms with E-state index >= 15 is 0 Å². The van der Waals surface area contributed by atoms with Gasteiger partial charge in [0.1, 0.15) is 5.69 Å². The van der Waals surface area contributed by atoms with E-state index < -0.39 is 0 Å². The lowest BCUT2D eigenvalue weighted by atomic mass is 10.1. The number of carbonyl (C=O) groups is 1. The summed E-state index contributed by atoms with van der Waals surface area (Å²) in [5.74, 6) is -0.184. The van der Waals surface area contributed by atoms with E-state index in [1.54, 1.807) is 18.2 Å². The first kappa shape index (κ1) is 11.2. The average molecular weight is 298 g/mol. The number of halogens is 2. The number of ketones is 1. The quantitative estimate of drug-likeness (QED) is 0.632. The molecule has 0 unspecified atom stereocenters. The van der Waals surface area contributed by atoms with Gasteiger partial charge in [-0.3, -0.25) is 4.79 Å². The zero-order valence-electron chi connectivity index (χ0n) is 8.02. The molecule has 0 fully saturated rings. The molecule has 1 heterocycles. The van der Waals surface area contributed by atoms with Gasteiger partial charge in [-0.15, -0.1) is 0 Å². The molecule has 0 aliphatic heterocycles. The highest BCUT2D eigenvalue weighted by Crippen LogP contribution is 2.19. The number of carbonyl (C=O) groups excluding carboxylic acids is 1. The molecule has 80 valence electrons. The number of nitrogens with zero attached hydrogens (tertiary/aromatic N) is 2. The molecule has 16 heavy (non-hydrogen) atoms. The molecule has 1 aromatic heterocycles. The molecule has 0 amide bonds. The summed E-state index contributed by atoms with van der Waals surface area (Å²) >= 11 is 8.95. The fourth-order valence-corrected chi connectivity index (χ4v) is 1.86. The Morgan fingerprint density at radius 1 is 1.25 bits per heavy atom. The molecule has 2 aromatic rings. The minimum atomic E-state index is -0.184. The fourth-order valence-electron chi connectivity index (χ4n) is 1.24. The van der Waals surface area contributed by atoms with Crippen LogP contribution in [-0.4, -0.2) is 15.8 Å². The monoisotopic (exact) mass is 296 g/mol. The van der Waals surface area contributed by atoms with E-state index in [9.17, 15) is 4.79 Å². The van der Waals surface area contributed by atoms with Crippen molar-refractivity contribution in [2.75, 3.05) is 0 Å². The number of benzene rings is 1. The Bertz CT molecular complexity index is 545. The highest BCUT2D eigenvalue weighted by atomic mass is 79.9. The van der Waals surface area contributed by atoms with Crippen molar-refractivity contribution >= 4 is 33.3 Å². The van der Waals surface area contributed by atoms with Gasteiger partial charge in [0, 0.05) is 16.2 Å². The maximum atomic E-state index is 12.0. The van der Waals surface area contributed by atoms with Gasteiger partial charge in [-0.25, -0.2) is 9.97 Å². The van der Waals surface area contributed by atoms with Crippen molar-refractivity contribution < 1.29 is 4.79 Å². The molecule has 3 nitrogen and oxygen atoms in total. The van der Waals surface area contributed by atoms with E-state index in [-0.39, 0.29) is 16.8 Å². The zero-order chi connectivity index (χ0) is 11.5. The van der Waals surface area contributed by atoms with Crippen LogP contribution in [0.2, 0.25) is 5.28 Å². The minimum absolute atomic E-state index is 0.0675. The number of hydrogen-bond acceptors (Lipinski definition) is 3. The number of hydrogen-bond donors (Lipinski definition) is 0. The SMILES string of the molecule is O=C(c1ccnc(Cl)n1)c1ccccc1Br. The summed E-state index contributed by atoms with van der Waals surface area (Å²) in [5, 5.41) is 0.0675. The standard InChI is InChI=1S/C11H6BrClN2O/c12-8-4-2-1-3-7(8)10(16)9-5-6-14-11(13)15-9/h1-6H. The summed E-state index contributed by atoms with van der Waals surface area (Å²) in [5.41, 5.74) is 0.837. The Hall–Kier alpha value is -1.26. The van der Waals surface area contributed by atoms with Crippen LogP contribution in [0, 0.1) is 0 Å². The molecule has 0 radical (unpaired) electrons. The molecule has 0 saturated carbocycles. The summed E-state index contributed by atoms with van der Waals surface area (Å²) in [7, 11) is 0. The highest BCUT2D eigenvalue weighted by molar-refractivity contribution is 9.10. The normalized spacial score (nSPS) is 10.1. The van der Waals surface area contributed by atoms with Gasteiger partial charge in [0.25, 0.3) is 0 Å². The highest BCUT2D eigenvalue weighted by Gasteiger charge is 2.13. The topological polar surface area (TPSA) is 42.9 Å². The van der Waals surface area contributed by atoms with Crippen LogP contribution in [0.5, 0.6) is 0 Å².